The number of aliphatic hydroxyl groups excluding tert-OH is 1. The first kappa shape index (κ1) is 20.5. The summed E-state index contributed by atoms with van der Waals surface area (Å²) in [5.41, 5.74) is -2.02. The number of carbonyl (C=O) groups excluding carboxylic acids is 2. The number of amides is 2. The van der Waals surface area contributed by atoms with Gasteiger partial charge in [0.2, 0.25) is 11.7 Å². The van der Waals surface area contributed by atoms with Crippen LogP contribution in [0.5, 0.6) is 11.5 Å². The average Bonchev–Trinajstić information content (AvgIpc) is 2.60. The molecule has 0 aliphatic carbocycles. The van der Waals surface area contributed by atoms with Crippen LogP contribution in [0.2, 0.25) is 0 Å². The summed E-state index contributed by atoms with van der Waals surface area (Å²) in [6.45, 7) is 1.35. The normalized spacial score (nSPS) is 13.8. The highest BCUT2D eigenvalue weighted by atomic mass is 16.6. The number of nitrogens with zero attached hydrogens (tertiary/aromatic N) is 4. The second kappa shape index (κ2) is 8.26. The van der Waals surface area contributed by atoms with E-state index in [2.05, 4.69) is 0 Å². The lowest BCUT2D eigenvalue weighted by atomic mass is 10.1. The predicted molar refractivity (Wildman–Crippen MR) is 95.0 cm³/mol. The SMILES string of the molecule is CN(CCC(=O)N1CCC1)C(=O)/C(C#N)=C(\O)c1cc(O)c(O)c([N+](=O)[O-])c1. The monoisotopic (exact) mass is 390 g/mol. The molecule has 1 aliphatic heterocycles. The number of rotatable bonds is 6. The van der Waals surface area contributed by atoms with Crippen LogP contribution in [0, 0.1) is 21.4 Å². The molecule has 0 radical (unpaired) electrons. The number of aromatic hydroxyl groups is 2. The van der Waals surface area contributed by atoms with E-state index < -0.39 is 44.9 Å². The highest BCUT2D eigenvalue weighted by Crippen LogP contribution is 2.38. The van der Waals surface area contributed by atoms with E-state index in [1.165, 1.54) is 13.1 Å². The molecule has 0 aromatic heterocycles. The van der Waals surface area contributed by atoms with Gasteiger partial charge in [-0.3, -0.25) is 19.7 Å². The van der Waals surface area contributed by atoms with Crippen molar-refractivity contribution in [3.8, 4) is 17.6 Å². The minimum absolute atomic E-state index is 0.00754. The Morgan fingerprint density at radius 3 is 2.50 bits per heavy atom. The average molecular weight is 390 g/mol. The lowest BCUT2D eigenvalue weighted by Crippen LogP contribution is -2.43. The number of hydrogen-bond donors (Lipinski definition) is 3. The molecule has 3 N–H and O–H groups in total. The predicted octanol–water partition coefficient (Wildman–Crippen LogP) is 0.879. The first-order valence-corrected chi connectivity index (χ1v) is 8.24. The zero-order valence-corrected chi connectivity index (χ0v) is 15.0. The topological polar surface area (TPSA) is 168 Å². The Morgan fingerprint density at radius 2 is 2.00 bits per heavy atom. The van der Waals surface area contributed by atoms with Gasteiger partial charge in [-0.25, -0.2) is 0 Å². The molecule has 28 heavy (non-hydrogen) atoms. The fraction of sp³-hybridized carbons (Fsp3) is 0.353. The van der Waals surface area contributed by atoms with Crippen molar-refractivity contribution in [1.82, 2.24) is 9.80 Å². The molecule has 1 fully saturated rings. The van der Waals surface area contributed by atoms with Gasteiger partial charge in [0.1, 0.15) is 11.8 Å². The molecule has 0 saturated carbocycles. The van der Waals surface area contributed by atoms with E-state index in [0.29, 0.717) is 13.1 Å². The molecular formula is C17H18N4O7. The van der Waals surface area contributed by atoms with Gasteiger partial charge in [-0.15, -0.1) is 0 Å². The Balaban J connectivity index is 2.25. The highest BCUT2D eigenvalue weighted by Gasteiger charge is 2.26. The van der Waals surface area contributed by atoms with Crippen molar-refractivity contribution in [2.45, 2.75) is 12.8 Å². The maximum atomic E-state index is 12.4. The van der Waals surface area contributed by atoms with Crippen LogP contribution in [0.1, 0.15) is 18.4 Å². The minimum Gasteiger partial charge on any atom is -0.506 e. The Labute approximate surface area is 159 Å². The van der Waals surface area contributed by atoms with Gasteiger partial charge in [0.05, 0.1) is 4.92 Å². The van der Waals surface area contributed by atoms with E-state index in [-0.39, 0.29) is 18.9 Å². The summed E-state index contributed by atoms with van der Waals surface area (Å²) in [7, 11) is 1.34. The van der Waals surface area contributed by atoms with Crippen LogP contribution in [0.15, 0.2) is 17.7 Å². The first-order chi connectivity index (χ1) is 13.2. The van der Waals surface area contributed by atoms with Crippen LogP contribution in [-0.2, 0) is 9.59 Å². The van der Waals surface area contributed by atoms with E-state index in [4.69, 9.17) is 0 Å². The summed E-state index contributed by atoms with van der Waals surface area (Å²) in [5.74, 6) is -3.82. The molecule has 11 heteroatoms. The summed E-state index contributed by atoms with van der Waals surface area (Å²) in [6, 6.07) is 3.04. The molecule has 1 aliphatic rings. The number of phenols is 2. The van der Waals surface area contributed by atoms with E-state index >= 15 is 0 Å². The summed E-state index contributed by atoms with van der Waals surface area (Å²) in [5, 5.41) is 49.5. The third kappa shape index (κ3) is 4.12. The van der Waals surface area contributed by atoms with E-state index in [1.807, 2.05) is 0 Å². The van der Waals surface area contributed by atoms with Crippen LogP contribution >= 0.6 is 0 Å². The van der Waals surface area contributed by atoms with Crippen LogP contribution in [0.25, 0.3) is 5.76 Å². The van der Waals surface area contributed by atoms with E-state index in [1.54, 1.807) is 4.90 Å². The fourth-order valence-electron chi connectivity index (χ4n) is 2.51. The number of carbonyl (C=O) groups is 2. The van der Waals surface area contributed by atoms with Crippen LogP contribution in [0.4, 0.5) is 5.69 Å². The van der Waals surface area contributed by atoms with Gasteiger partial charge >= 0.3 is 5.69 Å². The number of aliphatic hydroxyl groups is 1. The van der Waals surface area contributed by atoms with Crippen LogP contribution in [-0.4, -0.2) is 68.5 Å². The summed E-state index contributed by atoms with van der Waals surface area (Å²) in [6.07, 6.45) is 0.981. The third-order valence-corrected chi connectivity index (χ3v) is 4.32. The van der Waals surface area contributed by atoms with Crippen molar-refractivity contribution >= 4 is 23.3 Å². The lowest BCUT2D eigenvalue weighted by molar-refractivity contribution is -0.386. The number of phenolic OH excluding ortho intramolecular Hbond substituents is 2. The summed E-state index contributed by atoms with van der Waals surface area (Å²) >= 11 is 0. The molecule has 1 heterocycles. The van der Waals surface area contributed by atoms with Crippen molar-refractivity contribution in [3.63, 3.8) is 0 Å². The molecule has 1 aromatic carbocycles. The standard InChI is InChI=1S/C17H18N4O7/c1-19(6-3-14(23)20-4-2-5-20)17(26)11(9-18)15(24)10-7-12(21(27)28)16(25)13(22)8-10/h7-8,22,24-25H,2-6H2,1H3/b15-11-. The fourth-order valence-corrected chi connectivity index (χ4v) is 2.51. The van der Waals surface area contributed by atoms with Gasteiger partial charge in [0.15, 0.2) is 11.3 Å². The van der Waals surface area contributed by atoms with Crippen LogP contribution in [0.3, 0.4) is 0 Å². The number of nitro groups is 1. The molecule has 1 saturated heterocycles. The number of nitriles is 1. The number of nitro benzene ring substituents is 1. The zero-order chi connectivity index (χ0) is 21.0. The molecule has 1 aromatic rings. The molecule has 0 atom stereocenters. The van der Waals surface area contributed by atoms with Gasteiger partial charge in [0.25, 0.3) is 5.91 Å². The Hall–Kier alpha value is -3.81. The Kier molecular flexibility index (Phi) is 6.04. The van der Waals surface area contributed by atoms with E-state index in [0.717, 1.165) is 23.5 Å². The van der Waals surface area contributed by atoms with Gasteiger partial charge in [0, 0.05) is 44.7 Å². The molecule has 0 unspecified atom stereocenters. The molecule has 11 nitrogen and oxygen atoms in total. The lowest BCUT2D eigenvalue weighted by Gasteiger charge is -2.31. The molecule has 0 bridgehead atoms. The Bertz CT molecular complexity index is 900. The maximum absolute atomic E-state index is 12.4. The summed E-state index contributed by atoms with van der Waals surface area (Å²) in [4.78, 5) is 36.9. The molecule has 148 valence electrons. The third-order valence-electron chi connectivity index (χ3n) is 4.32. The van der Waals surface area contributed by atoms with E-state index in [9.17, 15) is 40.3 Å². The quantitative estimate of drug-likeness (QED) is 0.161. The van der Waals surface area contributed by atoms with Crippen molar-refractivity contribution in [2.24, 2.45) is 0 Å². The van der Waals surface area contributed by atoms with Gasteiger partial charge in [-0.05, 0) is 12.5 Å². The molecule has 2 amide bonds. The van der Waals surface area contributed by atoms with Gasteiger partial charge in [-0.2, -0.15) is 5.26 Å². The van der Waals surface area contributed by atoms with Crippen molar-refractivity contribution < 1.29 is 29.8 Å². The molecule has 0 spiro atoms. The second-order valence-electron chi connectivity index (χ2n) is 6.17. The molecular weight excluding hydrogens is 372 g/mol. The smallest absolute Gasteiger partial charge is 0.315 e. The highest BCUT2D eigenvalue weighted by molar-refractivity contribution is 6.03. The number of likely N-dealkylation sites (tertiary alicyclic amines) is 1. The number of likely N-dealkylation sites (N-methyl/N-ethyl adjacent to an activating group) is 1. The number of benzene rings is 1. The maximum Gasteiger partial charge on any atom is 0.315 e. The largest absolute Gasteiger partial charge is 0.506 e. The van der Waals surface area contributed by atoms with Crippen molar-refractivity contribution in [2.75, 3.05) is 26.7 Å². The first-order valence-electron chi connectivity index (χ1n) is 8.24. The van der Waals surface area contributed by atoms with Gasteiger partial charge < -0.3 is 25.1 Å². The number of hydrogen-bond acceptors (Lipinski definition) is 8. The van der Waals surface area contributed by atoms with Crippen LogP contribution < -0.4 is 0 Å². The summed E-state index contributed by atoms with van der Waals surface area (Å²) < 4.78 is 0. The Morgan fingerprint density at radius 1 is 1.36 bits per heavy atom. The second-order valence-corrected chi connectivity index (χ2v) is 6.17. The van der Waals surface area contributed by atoms with Crippen molar-refractivity contribution in [1.29, 1.82) is 5.26 Å². The zero-order valence-electron chi connectivity index (χ0n) is 15.0. The minimum atomic E-state index is -1.01. The van der Waals surface area contributed by atoms with Crippen molar-refractivity contribution in [3.05, 3.63) is 33.4 Å². The molecule has 2 rings (SSSR count). The van der Waals surface area contributed by atoms with Gasteiger partial charge in [-0.1, -0.05) is 0 Å².